The molecule has 1 aliphatic carbocycles. The third-order valence-electron chi connectivity index (χ3n) is 5.08. The number of pyridine rings is 1. The molecule has 0 amide bonds. The summed E-state index contributed by atoms with van der Waals surface area (Å²) >= 11 is 0. The molecule has 1 saturated carbocycles. The predicted octanol–water partition coefficient (Wildman–Crippen LogP) is 3.34. The quantitative estimate of drug-likeness (QED) is 0.846. The summed E-state index contributed by atoms with van der Waals surface area (Å²) in [5.41, 5.74) is 3.15. The molecule has 0 radical (unpaired) electrons. The van der Waals surface area contributed by atoms with E-state index in [1.807, 2.05) is 18.2 Å². The SMILES string of the molecule is CCCO[C@H]1CC[C@H](C2=CB(O)Oc3cnc4[nH]ccc4c32)CC1. The van der Waals surface area contributed by atoms with Crippen molar-refractivity contribution in [2.75, 3.05) is 6.61 Å². The highest BCUT2D eigenvalue weighted by Gasteiger charge is 2.32. The van der Waals surface area contributed by atoms with Gasteiger partial charge in [-0.3, -0.25) is 0 Å². The Bertz CT molecular complexity index is 750. The van der Waals surface area contributed by atoms with Gasteiger partial charge in [0.1, 0.15) is 11.4 Å². The van der Waals surface area contributed by atoms with Crippen molar-refractivity contribution in [2.24, 2.45) is 5.92 Å². The molecule has 0 unspecified atom stereocenters. The van der Waals surface area contributed by atoms with Crippen molar-refractivity contribution >= 4 is 23.7 Å². The Morgan fingerprint density at radius 1 is 1.38 bits per heavy atom. The standard InChI is InChI=1S/C18H23BN2O3/c1-2-9-23-13-5-3-12(4-6-13)15-10-19(22)24-16-11-21-18-14(17(15)16)7-8-20-18/h7-8,10-13,22H,2-6,9H2,1H3,(H,20,21)/t12-,13-. The molecular formula is C18H23BN2O3. The molecule has 2 N–H and O–H groups in total. The van der Waals surface area contributed by atoms with Gasteiger partial charge >= 0.3 is 7.12 Å². The molecule has 126 valence electrons. The van der Waals surface area contributed by atoms with Crippen LogP contribution in [0.4, 0.5) is 0 Å². The summed E-state index contributed by atoms with van der Waals surface area (Å²) in [6.45, 7) is 3.00. The zero-order valence-electron chi connectivity index (χ0n) is 14.0. The van der Waals surface area contributed by atoms with Crippen molar-refractivity contribution in [1.82, 2.24) is 9.97 Å². The predicted molar refractivity (Wildman–Crippen MR) is 94.7 cm³/mol. The first-order chi connectivity index (χ1) is 11.8. The van der Waals surface area contributed by atoms with Gasteiger partial charge in [-0.05, 0) is 55.6 Å². The highest BCUT2D eigenvalue weighted by molar-refractivity contribution is 6.52. The maximum absolute atomic E-state index is 10.1. The van der Waals surface area contributed by atoms with E-state index < -0.39 is 7.12 Å². The van der Waals surface area contributed by atoms with Crippen molar-refractivity contribution in [3.63, 3.8) is 0 Å². The fourth-order valence-electron chi connectivity index (χ4n) is 3.94. The lowest BCUT2D eigenvalue weighted by atomic mass is 9.72. The van der Waals surface area contributed by atoms with Gasteiger partial charge in [0.15, 0.2) is 0 Å². The Kier molecular flexibility index (Phi) is 4.33. The summed E-state index contributed by atoms with van der Waals surface area (Å²) < 4.78 is 11.5. The van der Waals surface area contributed by atoms with Gasteiger partial charge in [-0.2, -0.15) is 0 Å². The Hall–Kier alpha value is -1.79. The third kappa shape index (κ3) is 2.85. The van der Waals surface area contributed by atoms with Crippen LogP contribution >= 0.6 is 0 Å². The summed E-state index contributed by atoms with van der Waals surface area (Å²) in [6.07, 6.45) is 9.39. The first kappa shape index (κ1) is 15.7. The number of hydrogen-bond donors (Lipinski definition) is 2. The monoisotopic (exact) mass is 326 g/mol. The summed E-state index contributed by atoms with van der Waals surface area (Å²) in [7, 11) is -0.889. The van der Waals surface area contributed by atoms with Crippen LogP contribution in [0.2, 0.25) is 0 Å². The van der Waals surface area contributed by atoms with E-state index in [4.69, 9.17) is 9.39 Å². The minimum absolute atomic E-state index is 0.385. The van der Waals surface area contributed by atoms with Crippen LogP contribution in [-0.2, 0) is 4.74 Å². The van der Waals surface area contributed by atoms with Crippen LogP contribution in [-0.4, -0.2) is 34.8 Å². The highest BCUT2D eigenvalue weighted by Crippen LogP contribution is 2.44. The van der Waals surface area contributed by atoms with Crippen LogP contribution < -0.4 is 4.65 Å². The molecule has 3 heterocycles. The van der Waals surface area contributed by atoms with Gasteiger partial charge in [0.2, 0.25) is 0 Å². The number of aromatic nitrogens is 2. The van der Waals surface area contributed by atoms with E-state index >= 15 is 0 Å². The molecule has 6 heteroatoms. The van der Waals surface area contributed by atoms with Crippen LogP contribution in [0.1, 0.15) is 44.6 Å². The topological polar surface area (TPSA) is 67.4 Å². The molecule has 0 atom stereocenters. The molecule has 2 aromatic heterocycles. The molecule has 24 heavy (non-hydrogen) atoms. The van der Waals surface area contributed by atoms with E-state index in [0.29, 0.717) is 17.8 Å². The highest BCUT2D eigenvalue weighted by atomic mass is 16.5. The van der Waals surface area contributed by atoms with Crippen LogP contribution in [0.25, 0.3) is 16.6 Å². The maximum Gasteiger partial charge on any atom is 0.552 e. The number of nitrogens with zero attached hydrogens (tertiary/aromatic N) is 1. The molecule has 0 aromatic carbocycles. The number of rotatable bonds is 4. The van der Waals surface area contributed by atoms with Crippen molar-refractivity contribution in [1.29, 1.82) is 0 Å². The van der Waals surface area contributed by atoms with E-state index in [0.717, 1.165) is 55.3 Å². The minimum atomic E-state index is -0.889. The van der Waals surface area contributed by atoms with Gasteiger partial charge in [0.25, 0.3) is 0 Å². The minimum Gasteiger partial charge on any atom is -0.531 e. The Morgan fingerprint density at radius 2 is 2.21 bits per heavy atom. The molecule has 2 aliphatic rings. The zero-order chi connectivity index (χ0) is 16.5. The maximum atomic E-state index is 10.1. The molecule has 0 saturated heterocycles. The Labute approximate surface area is 142 Å². The van der Waals surface area contributed by atoms with Gasteiger partial charge in [-0.15, -0.1) is 0 Å². The Balaban J connectivity index is 1.61. The second kappa shape index (κ2) is 6.61. The number of nitrogens with one attached hydrogen (secondary N) is 1. The van der Waals surface area contributed by atoms with Crippen LogP contribution in [0.3, 0.4) is 0 Å². The smallest absolute Gasteiger partial charge is 0.531 e. The van der Waals surface area contributed by atoms with E-state index in [1.54, 1.807) is 6.20 Å². The second-order valence-corrected chi connectivity index (χ2v) is 6.71. The first-order valence-corrected chi connectivity index (χ1v) is 8.90. The van der Waals surface area contributed by atoms with Gasteiger partial charge < -0.3 is 19.4 Å². The number of fused-ring (bicyclic) bond motifs is 3. The van der Waals surface area contributed by atoms with Crippen LogP contribution in [0, 0.1) is 5.92 Å². The molecular weight excluding hydrogens is 303 g/mol. The largest absolute Gasteiger partial charge is 0.552 e. The molecule has 0 spiro atoms. The normalized spacial score (nSPS) is 23.8. The van der Waals surface area contributed by atoms with E-state index in [1.165, 1.54) is 5.57 Å². The van der Waals surface area contributed by atoms with E-state index in [9.17, 15) is 5.02 Å². The summed E-state index contributed by atoms with van der Waals surface area (Å²) in [5.74, 6) is 2.98. The molecule has 1 aliphatic heterocycles. The fraction of sp³-hybridized carbons (Fsp3) is 0.500. The zero-order valence-corrected chi connectivity index (χ0v) is 14.0. The Morgan fingerprint density at radius 3 is 3.00 bits per heavy atom. The molecule has 5 nitrogen and oxygen atoms in total. The molecule has 4 rings (SSSR count). The molecule has 2 aromatic rings. The third-order valence-corrected chi connectivity index (χ3v) is 5.08. The summed E-state index contributed by atoms with van der Waals surface area (Å²) in [6, 6.07) is 2.03. The van der Waals surface area contributed by atoms with Gasteiger partial charge in [0.05, 0.1) is 12.3 Å². The lowest BCUT2D eigenvalue weighted by Crippen LogP contribution is -2.28. The average molecular weight is 326 g/mol. The van der Waals surface area contributed by atoms with Crippen LogP contribution in [0.5, 0.6) is 5.75 Å². The summed E-state index contributed by atoms with van der Waals surface area (Å²) in [4.78, 5) is 7.53. The van der Waals surface area contributed by atoms with Gasteiger partial charge in [-0.1, -0.05) is 6.92 Å². The first-order valence-electron chi connectivity index (χ1n) is 8.90. The van der Waals surface area contributed by atoms with Crippen molar-refractivity contribution in [2.45, 2.75) is 45.1 Å². The lowest BCUT2D eigenvalue weighted by molar-refractivity contribution is 0.0235. The summed E-state index contributed by atoms with van der Waals surface area (Å²) in [5, 5.41) is 11.2. The number of aromatic amines is 1. The number of ether oxygens (including phenoxy) is 1. The van der Waals surface area contributed by atoms with Crippen molar-refractivity contribution in [3.8, 4) is 5.75 Å². The van der Waals surface area contributed by atoms with Crippen LogP contribution in [0.15, 0.2) is 24.4 Å². The molecule has 0 bridgehead atoms. The fourth-order valence-corrected chi connectivity index (χ4v) is 3.94. The molecule has 1 fully saturated rings. The van der Waals surface area contributed by atoms with E-state index in [2.05, 4.69) is 16.9 Å². The van der Waals surface area contributed by atoms with Gasteiger partial charge in [-0.25, -0.2) is 4.98 Å². The number of hydrogen-bond acceptors (Lipinski definition) is 4. The lowest BCUT2D eigenvalue weighted by Gasteiger charge is -2.32. The number of allylic oxidation sites excluding steroid dienone is 1. The second-order valence-electron chi connectivity index (χ2n) is 6.71. The van der Waals surface area contributed by atoms with Crippen molar-refractivity contribution < 1.29 is 14.4 Å². The average Bonchev–Trinajstić information content (AvgIpc) is 3.08. The van der Waals surface area contributed by atoms with E-state index in [-0.39, 0.29) is 0 Å². The van der Waals surface area contributed by atoms with Crippen molar-refractivity contribution in [3.05, 3.63) is 30.0 Å². The van der Waals surface area contributed by atoms with Gasteiger partial charge in [0, 0.05) is 23.8 Å². The number of H-pyrrole nitrogens is 1.